The van der Waals surface area contributed by atoms with Gasteiger partial charge in [-0.25, -0.2) is 8.42 Å². The number of benzene rings is 1. The molecule has 0 radical (unpaired) electrons. The molecule has 6 aliphatic rings. The molecule has 314 valence electrons. The highest BCUT2D eigenvalue weighted by atomic mass is 32.2. The molecule has 2 heterocycles. The van der Waals surface area contributed by atoms with Crippen LogP contribution in [0.3, 0.4) is 0 Å². The lowest BCUT2D eigenvalue weighted by Crippen LogP contribution is -2.41. The number of carbonyl (C=O) groups is 4. The highest BCUT2D eigenvalue weighted by molar-refractivity contribution is 7.90. The molecule has 2 aromatic rings. The van der Waals surface area contributed by atoms with Gasteiger partial charge in [0.15, 0.2) is 0 Å². The van der Waals surface area contributed by atoms with Crippen molar-refractivity contribution in [3.05, 3.63) is 40.7 Å². The molecule has 8 atom stereocenters. The Morgan fingerprint density at radius 1 is 0.948 bits per heavy atom. The number of nitrogens with one attached hydrogen (secondary N) is 1. The van der Waals surface area contributed by atoms with Crippen LogP contribution in [0.1, 0.15) is 116 Å². The molecule has 1 N–H and O–H groups in total. The van der Waals surface area contributed by atoms with Gasteiger partial charge in [-0.05, 0) is 107 Å². The van der Waals surface area contributed by atoms with E-state index in [1.807, 2.05) is 19.1 Å². The number of aromatic nitrogens is 2. The van der Waals surface area contributed by atoms with Crippen LogP contribution in [0.15, 0.2) is 35.1 Å². The van der Waals surface area contributed by atoms with Crippen LogP contribution >= 0.6 is 0 Å². The van der Waals surface area contributed by atoms with E-state index in [9.17, 15) is 27.6 Å². The van der Waals surface area contributed by atoms with Gasteiger partial charge in [0.25, 0.3) is 11.6 Å². The number of allylic oxidation sites excluding steroid dienone is 2. The van der Waals surface area contributed by atoms with Gasteiger partial charge in [-0.3, -0.25) is 33.3 Å². The number of hydrogen-bond acceptors (Lipinski definition) is 11. The van der Waals surface area contributed by atoms with E-state index < -0.39 is 50.5 Å². The van der Waals surface area contributed by atoms with Gasteiger partial charge in [0.2, 0.25) is 15.9 Å². The van der Waals surface area contributed by atoms with Crippen LogP contribution < -0.4 is 19.8 Å². The number of fused-ring (bicyclic) bond motifs is 5. The number of methoxy groups -OCH3 is 1. The van der Waals surface area contributed by atoms with E-state index in [1.165, 1.54) is 11.7 Å². The minimum Gasteiger partial charge on any atom is -0.494 e. The van der Waals surface area contributed by atoms with E-state index in [1.54, 1.807) is 18.2 Å². The summed E-state index contributed by atoms with van der Waals surface area (Å²) >= 11 is 0. The average Bonchev–Trinajstić information content (AvgIpc) is 3.99. The largest absolute Gasteiger partial charge is 0.494 e. The quantitative estimate of drug-likeness (QED) is 0.232. The molecule has 1 unspecified atom stereocenters. The summed E-state index contributed by atoms with van der Waals surface area (Å²) in [4.78, 5) is 76.3. The van der Waals surface area contributed by atoms with Crippen molar-refractivity contribution in [2.45, 2.75) is 140 Å². The van der Waals surface area contributed by atoms with Crippen molar-refractivity contribution in [2.24, 2.45) is 40.9 Å². The molecule has 1 aromatic carbocycles. The predicted molar refractivity (Wildman–Crippen MR) is 214 cm³/mol. The van der Waals surface area contributed by atoms with Gasteiger partial charge in [-0.2, -0.15) is 4.98 Å². The average molecular weight is 820 g/mol. The summed E-state index contributed by atoms with van der Waals surface area (Å²) in [7, 11) is -2.33. The number of ether oxygens (including phenoxy) is 3. The van der Waals surface area contributed by atoms with E-state index in [0.717, 1.165) is 57.8 Å². The minimum atomic E-state index is -3.84. The fraction of sp³-hybridized carbons (Fsp3) is 0.682. The number of nitrogens with zero attached hydrogens (tertiary/aromatic N) is 2. The van der Waals surface area contributed by atoms with Crippen LogP contribution in [0.4, 0.5) is 0 Å². The van der Waals surface area contributed by atoms with Crippen molar-refractivity contribution in [3.8, 4) is 11.8 Å². The number of ketones is 2. The van der Waals surface area contributed by atoms with Crippen LogP contribution in [0.25, 0.3) is 10.9 Å². The maximum Gasteiger partial charge on any atom is 0.306 e. The van der Waals surface area contributed by atoms with E-state index >= 15 is 4.79 Å². The van der Waals surface area contributed by atoms with Crippen molar-refractivity contribution in [3.63, 3.8) is 0 Å². The third-order valence-electron chi connectivity index (χ3n) is 14.3. The zero-order chi connectivity index (χ0) is 40.8. The van der Waals surface area contributed by atoms with Gasteiger partial charge in [-0.1, -0.05) is 44.4 Å². The van der Waals surface area contributed by atoms with E-state index in [0.29, 0.717) is 42.3 Å². The van der Waals surface area contributed by atoms with Gasteiger partial charge >= 0.3 is 5.97 Å². The summed E-state index contributed by atoms with van der Waals surface area (Å²) in [5, 5.41) is -0.224. The second-order valence-electron chi connectivity index (χ2n) is 17.9. The highest BCUT2D eigenvalue weighted by Gasteiger charge is 2.62. The Hall–Kier alpha value is -4.07. The third kappa shape index (κ3) is 8.10. The van der Waals surface area contributed by atoms with Gasteiger partial charge in [0.05, 0.1) is 29.6 Å². The first-order valence-electron chi connectivity index (χ1n) is 21.6. The second-order valence-corrected chi connectivity index (χ2v) is 19.9. The molecule has 1 aromatic heterocycles. The first-order valence-corrected chi connectivity index (χ1v) is 23.2. The molecule has 5 saturated carbocycles. The molecule has 2 bridgehead atoms. The summed E-state index contributed by atoms with van der Waals surface area (Å²) < 4.78 is 47.9. The number of amides is 1. The minimum absolute atomic E-state index is 0.0247. The standard InChI is InChI=1S/C44H57N3O10S/c1-3-28-24-44(28,42(52)46-58(53,54)30-18-19-30)25-35(48)33-21-29-22-34(33)40(50)32(26-11-6-7-12-26)23-38(49)57-36-16-9-14-27(36)13-5-4-8-20-47-41(51)31-15-10-17-37(55-2)39(31)45-43(47)56-29/h4,8,10,15,17,26-30,32-34,36H,3,5-7,9,11-14,16,18-25H2,1-2H3,(H,46,52)/b8-4+/t27-,28+,29-,32+,33-,34?,36-,44-/m1/s1. The molecule has 0 spiro atoms. The first kappa shape index (κ1) is 40.7. The van der Waals surface area contributed by atoms with Gasteiger partial charge in [-0.15, -0.1) is 0 Å². The lowest BCUT2D eigenvalue weighted by atomic mass is 9.75. The Morgan fingerprint density at radius 2 is 1.72 bits per heavy atom. The second kappa shape index (κ2) is 16.5. The maximum absolute atomic E-state index is 15.1. The van der Waals surface area contributed by atoms with Gasteiger partial charge in [0.1, 0.15) is 35.0 Å². The lowest BCUT2D eigenvalue weighted by Gasteiger charge is -2.28. The van der Waals surface area contributed by atoms with Crippen LogP contribution in [0.2, 0.25) is 0 Å². The van der Waals surface area contributed by atoms with Crippen molar-refractivity contribution < 1.29 is 41.8 Å². The molecule has 0 saturated heterocycles. The Balaban J connectivity index is 1.16. The molecule has 13 nitrogen and oxygen atoms in total. The SMILES string of the molecule is CC[C@H]1C[C@]1(CC(=O)[C@@H]1C[C@@H]2CC1C(=O)[C@H](C1CCCC1)CC(=O)O[C@@H]1CCC[C@H]1CC/C=C/Cn1c(nc3c(OC)cccc3c1=O)O2)C(=O)NS(=O)(=O)C1CC1. The summed E-state index contributed by atoms with van der Waals surface area (Å²) in [5.74, 6) is -3.38. The van der Waals surface area contributed by atoms with E-state index in [-0.39, 0.29) is 85.2 Å². The Labute approximate surface area is 340 Å². The van der Waals surface area contributed by atoms with Crippen LogP contribution in [-0.2, 0) is 40.5 Å². The fourth-order valence-corrected chi connectivity index (χ4v) is 12.2. The Bertz CT molecular complexity index is 2140. The number of hydrogen-bond donors (Lipinski definition) is 1. The van der Waals surface area contributed by atoms with Crippen LogP contribution in [0, 0.1) is 40.9 Å². The third-order valence-corrected chi connectivity index (χ3v) is 16.1. The summed E-state index contributed by atoms with van der Waals surface area (Å²) in [6.45, 7) is 2.10. The molecule has 14 heteroatoms. The topological polar surface area (TPSA) is 177 Å². The number of Topliss-reactive ketones (excluding diaryl/α,β-unsaturated/α-hetero) is 2. The van der Waals surface area contributed by atoms with Crippen molar-refractivity contribution in [2.75, 3.05) is 7.11 Å². The van der Waals surface area contributed by atoms with Crippen molar-refractivity contribution >= 4 is 44.4 Å². The number of esters is 1. The Morgan fingerprint density at radius 3 is 2.45 bits per heavy atom. The molecule has 1 aliphatic heterocycles. The molecule has 5 fully saturated rings. The van der Waals surface area contributed by atoms with Gasteiger partial charge < -0.3 is 14.2 Å². The molecule has 1 amide bonds. The highest BCUT2D eigenvalue weighted by Crippen LogP contribution is 2.58. The molecule has 8 rings (SSSR count). The lowest BCUT2D eigenvalue weighted by molar-refractivity contribution is -0.155. The number of para-hydroxylation sites is 1. The number of carbonyl (C=O) groups excluding carboxylic acids is 4. The zero-order valence-corrected chi connectivity index (χ0v) is 34.5. The number of sulfonamides is 1. The monoisotopic (exact) mass is 819 g/mol. The van der Waals surface area contributed by atoms with Crippen LogP contribution in [-0.4, -0.2) is 66.0 Å². The van der Waals surface area contributed by atoms with E-state index in [2.05, 4.69) is 4.72 Å². The molecule has 5 aliphatic carbocycles. The van der Waals surface area contributed by atoms with Crippen molar-refractivity contribution in [1.29, 1.82) is 0 Å². The Kier molecular flexibility index (Phi) is 11.6. The fourth-order valence-electron chi connectivity index (χ4n) is 10.8. The summed E-state index contributed by atoms with van der Waals surface area (Å²) in [6, 6.07) is 5.21. The summed E-state index contributed by atoms with van der Waals surface area (Å²) in [5.41, 5.74) is -1.15. The molecule has 58 heavy (non-hydrogen) atoms. The molecular formula is C44H57N3O10S. The van der Waals surface area contributed by atoms with Crippen LogP contribution in [0.5, 0.6) is 11.8 Å². The van der Waals surface area contributed by atoms with E-state index in [4.69, 9.17) is 19.2 Å². The number of rotatable bonds is 9. The summed E-state index contributed by atoms with van der Waals surface area (Å²) in [6.07, 6.45) is 12.8. The smallest absolute Gasteiger partial charge is 0.306 e. The predicted octanol–water partition coefficient (Wildman–Crippen LogP) is 5.99. The first-order chi connectivity index (χ1) is 27.9. The maximum atomic E-state index is 15.1. The normalized spacial score (nSPS) is 32.6. The zero-order valence-electron chi connectivity index (χ0n) is 33.7. The van der Waals surface area contributed by atoms with Crippen molar-refractivity contribution in [1.82, 2.24) is 14.3 Å². The van der Waals surface area contributed by atoms with Gasteiger partial charge in [0, 0.05) is 30.7 Å². The molecular weight excluding hydrogens is 763 g/mol.